The molecule has 0 fully saturated rings. The van der Waals surface area contributed by atoms with E-state index in [1.165, 1.54) is 49.8 Å². The fourth-order valence-corrected chi connectivity index (χ4v) is 4.64. The molecule has 0 spiro atoms. The minimum Gasteiger partial charge on any atom is -0.378 e. The predicted octanol–water partition coefficient (Wildman–Crippen LogP) is 4.72. The fourth-order valence-electron chi connectivity index (χ4n) is 4.64. The normalized spacial score (nSPS) is 12.6. The second kappa shape index (κ2) is 8.76. The van der Waals surface area contributed by atoms with Gasteiger partial charge in [-0.2, -0.15) is 9.84 Å². The minimum absolute atomic E-state index is 0.495. The summed E-state index contributed by atoms with van der Waals surface area (Å²) in [5, 5.41) is 11.5. The number of rotatable bonds is 5. The average molecular weight is 429 g/mol. The lowest BCUT2D eigenvalue weighted by atomic mass is 9.94. The molecular weight excluding hydrogens is 402 g/mol. The number of anilines is 1. The Morgan fingerprint density at radius 3 is 2.21 bits per heavy atom. The topological polar surface area (TPSA) is 30.0 Å². The Balaban J connectivity index is 1.78. The largest absolute Gasteiger partial charge is 0.378 e. The Hall–Kier alpha value is -4.16. The van der Waals surface area contributed by atoms with E-state index in [1.807, 2.05) is 0 Å². The molecule has 1 aliphatic heterocycles. The highest BCUT2D eigenvalue weighted by molar-refractivity contribution is 5.83. The van der Waals surface area contributed by atoms with Gasteiger partial charge in [0, 0.05) is 31.9 Å². The number of hydrogen-bond donors (Lipinski definition) is 0. The molecule has 0 bridgehead atoms. The zero-order valence-corrected chi connectivity index (χ0v) is 19.0. The maximum atomic E-state index is 9.16. The third-order valence-corrected chi connectivity index (χ3v) is 6.24. The second-order valence-corrected chi connectivity index (χ2v) is 8.49. The van der Waals surface area contributed by atoms with Gasteiger partial charge in [0.15, 0.2) is 6.54 Å². The van der Waals surface area contributed by atoms with E-state index >= 15 is 0 Å². The molecule has 5 rings (SSSR count). The van der Waals surface area contributed by atoms with Crippen molar-refractivity contribution in [2.45, 2.75) is 6.42 Å². The van der Waals surface area contributed by atoms with Crippen LogP contribution in [0.15, 0.2) is 97.1 Å². The van der Waals surface area contributed by atoms with Gasteiger partial charge in [0.25, 0.3) is 0 Å². The van der Waals surface area contributed by atoms with Gasteiger partial charge in [0.2, 0.25) is 11.0 Å². The summed E-state index contributed by atoms with van der Waals surface area (Å²) >= 11 is 0. The van der Waals surface area contributed by atoms with Crippen LogP contribution >= 0.6 is 0 Å². The van der Waals surface area contributed by atoms with Gasteiger partial charge < -0.3 is 4.90 Å². The number of benzene rings is 4. The first-order valence-corrected chi connectivity index (χ1v) is 11.3. The molecule has 0 amide bonds. The fraction of sp³-hybridized carbons (Fsp3) is 0.133. The van der Waals surface area contributed by atoms with E-state index in [0.29, 0.717) is 13.0 Å². The molecule has 0 unspecified atom stereocenters. The number of nitrogens with zero attached hydrogens (tertiary/aromatic N) is 3. The summed E-state index contributed by atoms with van der Waals surface area (Å²) in [6.45, 7) is 0.696. The van der Waals surface area contributed by atoms with Crippen molar-refractivity contribution in [3.63, 3.8) is 0 Å². The van der Waals surface area contributed by atoms with Crippen LogP contribution in [-0.2, 0) is 0 Å². The summed E-state index contributed by atoms with van der Waals surface area (Å²) in [4.78, 5) is 2.12. The highest BCUT2D eigenvalue weighted by Gasteiger charge is 2.26. The Kier molecular flexibility index (Phi) is 5.50. The highest BCUT2D eigenvalue weighted by Crippen LogP contribution is 2.30. The molecular formula is C30H26N3+. The van der Waals surface area contributed by atoms with E-state index in [2.05, 4.69) is 127 Å². The molecule has 3 nitrogen and oxygen atoms in total. The molecule has 0 radical (unpaired) electrons. The molecule has 0 aromatic heterocycles. The SMILES string of the molecule is CN(C)c1ccc(C(c2ccccc2)=c2ccc3c(c2)-c2ccccc2[N+]=3CCC#N)cc1. The maximum Gasteiger partial charge on any atom is 0.213 e. The molecule has 1 heterocycles. The van der Waals surface area contributed by atoms with E-state index in [9.17, 15) is 0 Å². The van der Waals surface area contributed by atoms with Crippen molar-refractivity contribution in [1.82, 2.24) is 4.58 Å². The van der Waals surface area contributed by atoms with E-state index in [-0.39, 0.29) is 0 Å². The predicted molar refractivity (Wildman–Crippen MR) is 136 cm³/mol. The van der Waals surface area contributed by atoms with E-state index in [4.69, 9.17) is 5.26 Å². The summed E-state index contributed by atoms with van der Waals surface area (Å²) in [7, 11) is 4.12. The molecule has 4 aromatic rings. The Morgan fingerprint density at radius 1 is 0.788 bits per heavy atom. The van der Waals surface area contributed by atoms with Crippen LogP contribution < -0.4 is 20.1 Å². The van der Waals surface area contributed by atoms with Crippen LogP contribution in [0.5, 0.6) is 0 Å². The molecule has 3 heteroatoms. The minimum atomic E-state index is 0.495. The van der Waals surface area contributed by atoms with E-state index in [0.717, 1.165) is 0 Å². The zero-order chi connectivity index (χ0) is 22.8. The average Bonchev–Trinajstić information content (AvgIpc) is 3.17. The van der Waals surface area contributed by atoms with E-state index < -0.39 is 0 Å². The van der Waals surface area contributed by atoms with Crippen molar-refractivity contribution >= 4 is 16.9 Å². The quantitative estimate of drug-likeness (QED) is 0.431. The van der Waals surface area contributed by atoms with Gasteiger partial charge in [0.1, 0.15) is 0 Å². The third-order valence-electron chi connectivity index (χ3n) is 6.24. The smallest absolute Gasteiger partial charge is 0.213 e. The molecule has 160 valence electrons. The summed E-state index contributed by atoms with van der Waals surface area (Å²) in [6.07, 6.45) is 0.495. The van der Waals surface area contributed by atoms with Gasteiger partial charge >= 0.3 is 0 Å². The lowest BCUT2D eigenvalue weighted by Crippen LogP contribution is -2.25. The first-order chi connectivity index (χ1) is 16.2. The lowest BCUT2D eigenvalue weighted by Gasteiger charge is -2.14. The first kappa shape index (κ1) is 20.7. The Morgan fingerprint density at radius 2 is 1.48 bits per heavy atom. The summed E-state index contributed by atoms with van der Waals surface area (Å²) < 4.78 is 2.27. The van der Waals surface area contributed by atoms with Crippen molar-refractivity contribution < 1.29 is 0 Å². The zero-order valence-electron chi connectivity index (χ0n) is 19.0. The summed E-state index contributed by atoms with van der Waals surface area (Å²) in [5.74, 6) is 0. The summed E-state index contributed by atoms with van der Waals surface area (Å²) in [6, 6.07) is 36.9. The van der Waals surface area contributed by atoms with E-state index in [1.54, 1.807) is 0 Å². The molecule has 0 N–H and O–H groups in total. The van der Waals surface area contributed by atoms with Crippen LogP contribution in [-0.4, -0.2) is 20.6 Å². The number of nitriles is 1. The van der Waals surface area contributed by atoms with Gasteiger partial charge in [-0.1, -0.05) is 54.6 Å². The Labute approximate surface area is 194 Å². The monoisotopic (exact) mass is 428 g/mol. The van der Waals surface area contributed by atoms with Gasteiger partial charge in [-0.15, -0.1) is 0 Å². The van der Waals surface area contributed by atoms with Crippen LogP contribution in [0.3, 0.4) is 0 Å². The van der Waals surface area contributed by atoms with Crippen LogP contribution in [0.2, 0.25) is 0 Å². The van der Waals surface area contributed by atoms with Crippen LogP contribution in [0.25, 0.3) is 16.7 Å². The van der Waals surface area contributed by atoms with Crippen molar-refractivity contribution in [1.29, 1.82) is 5.26 Å². The maximum absolute atomic E-state index is 9.16. The third kappa shape index (κ3) is 3.81. The van der Waals surface area contributed by atoms with Crippen LogP contribution in [0, 0.1) is 11.3 Å². The first-order valence-electron chi connectivity index (χ1n) is 11.3. The molecule has 0 saturated heterocycles. The van der Waals surface area contributed by atoms with Gasteiger partial charge in [-0.05, 0) is 52.3 Å². The van der Waals surface area contributed by atoms with Gasteiger partial charge in [0.05, 0.1) is 23.6 Å². The molecule has 0 saturated carbocycles. The van der Waals surface area contributed by atoms with Crippen molar-refractivity contribution in [2.24, 2.45) is 0 Å². The lowest BCUT2D eigenvalue weighted by molar-refractivity contribution is 0.749. The van der Waals surface area contributed by atoms with Crippen LogP contribution in [0.1, 0.15) is 17.5 Å². The van der Waals surface area contributed by atoms with Crippen molar-refractivity contribution in [3.8, 4) is 17.2 Å². The molecule has 33 heavy (non-hydrogen) atoms. The van der Waals surface area contributed by atoms with Gasteiger partial charge in [-0.3, -0.25) is 0 Å². The number of fused-ring (bicyclic) bond motifs is 3. The molecule has 0 atom stereocenters. The molecule has 0 aliphatic carbocycles. The highest BCUT2D eigenvalue weighted by atomic mass is 15.1. The Bertz CT molecular complexity index is 1470. The second-order valence-electron chi connectivity index (χ2n) is 8.49. The number of para-hydroxylation sites is 1. The molecule has 1 aliphatic rings. The van der Waals surface area contributed by atoms with Gasteiger partial charge in [-0.25, -0.2) is 0 Å². The van der Waals surface area contributed by atoms with Crippen LogP contribution in [0.4, 0.5) is 11.4 Å². The van der Waals surface area contributed by atoms with Crippen molar-refractivity contribution in [2.75, 3.05) is 25.5 Å². The molecule has 4 aromatic carbocycles. The standard InChI is InChI=1S/C30H26N3/c1-32(2)25-16-13-23(14-17-25)30(22-9-4-3-5-10-22)24-15-18-29-27(21-24)26-11-6-7-12-28(26)33(29)20-8-19-31/h3-7,9-18,21H,8,20H2,1-2H3/q+1. The number of hydrogen-bond acceptors (Lipinski definition) is 2. The summed E-state index contributed by atoms with van der Waals surface area (Å²) in [5.41, 5.74) is 8.42. The van der Waals surface area contributed by atoms with Crippen molar-refractivity contribution in [3.05, 3.63) is 119 Å².